The van der Waals surface area contributed by atoms with Gasteiger partial charge in [-0.1, -0.05) is 36.3 Å². The summed E-state index contributed by atoms with van der Waals surface area (Å²) in [5.41, 5.74) is 1.63. The average molecular weight is 314 g/mol. The number of hydrogen-bond donors (Lipinski definition) is 0. The number of carbonyl (C=O) groups excluding carboxylic acids is 1. The highest BCUT2D eigenvalue weighted by molar-refractivity contribution is 9.10. The van der Waals surface area contributed by atoms with E-state index in [0.717, 1.165) is 15.7 Å². The Morgan fingerprint density at radius 2 is 1.68 bits per heavy atom. The standard InChI is InChI=1S/C16H12BrNO/c1-18(15-10-6-5-9-14(15)17)16(19)12-11-13-7-3-2-4-8-13/h2-10H,1H3. The molecule has 0 aliphatic rings. The second-order valence-electron chi connectivity index (χ2n) is 3.93. The lowest BCUT2D eigenvalue weighted by atomic mass is 10.2. The van der Waals surface area contributed by atoms with E-state index < -0.39 is 0 Å². The van der Waals surface area contributed by atoms with Crippen LogP contribution in [0.25, 0.3) is 0 Å². The van der Waals surface area contributed by atoms with Crippen LogP contribution < -0.4 is 4.90 Å². The van der Waals surface area contributed by atoms with E-state index in [9.17, 15) is 4.79 Å². The monoisotopic (exact) mass is 313 g/mol. The second-order valence-corrected chi connectivity index (χ2v) is 4.79. The number of anilines is 1. The van der Waals surface area contributed by atoms with Crippen molar-refractivity contribution in [3.63, 3.8) is 0 Å². The maximum atomic E-state index is 12.0. The molecule has 0 radical (unpaired) electrons. The van der Waals surface area contributed by atoms with Crippen molar-refractivity contribution in [1.29, 1.82) is 0 Å². The molecule has 94 valence electrons. The molecule has 3 heteroatoms. The summed E-state index contributed by atoms with van der Waals surface area (Å²) in [6.07, 6.45) is 0. The van der Waals surface area contributed by atoms with Crippen LogP contribution in [-0.4, -0.2) is 13.0 Å². The number of halogens is 1. The number of para-hydroxylation sites is 1. The van der Waals surface area contributed by atoms with Gasteiger partial charge in [-0.2, -0.15) is 0 Å². The minimum Gasteiger partial charge on any atom is -0.304 e. The Bertz CT molecular complexity index is 641. The van der Waals surface area contributed by atoms with Gasteiger partial charge >= 0.3 is 5.91 Å². The Hall–Kier alpha value is -2.05. The van der Waals surface area contributed by atoms with Gasteiger partial charge in [-0.3, -0.25) is 4.79 Å². The molecule has 0 saturated carbocycles. The molecule has 0 aliphatic carbocycles. The highest BCUT2D eigenvalue weighted by Crippen LogP contribution is 2.24. The van der Waals surface area contributed by atoms with Crippen LogP contribution >= 0.6 is 15.9 Å². The Balaban J connectivity index is 2.18. The minimum atomic E-state index is -0.240. The normalized spacial score (nSPS) is 9.37. The van der Waals surface area contributed by atoms with Crippen molar-refractivity contribution in [3.05, 3.63) is 64.6 Å². The maximum Gasteiger partial charge on any atom is 0.303 e. The molecular formula is C16H12BrNO. The molecule has 2 rings (SSSR count). The fourth-order valence-corrected chi connectivity index (χ4v) is 2.11. The fourth-order valence-electron chi connectivity index (χ4n) is 1.56. The predicted molar refractivity (Wildman–Crippen MR) is 80.9 cm³/mol. The van der Waals surface area contributed by atoms with Crippen LogP contribution in [0.4, 0.5) is 5.69 Å². The quantitative estimate of drug-likeness (QED) is 0.738. The summed E-state index contributed by atoms with van der Waals surface area (Å²) in [6, 6.07) is 17.0. The van der Waals surface area contributed by atoms with Crippen molar-refractivity contribution in [3.8, 4) is 11.8 Å². The molecule has 0 atom stereocenters. The highest BCUT2D eigenvalue weighted by atomic mass is 79.9. The number of hydrogen-bond acceptors (Lipinski definition) is 1. The van der Waals surface area contributed by atoms with Gasteiger partial charge in [0.2, 0.25) is 0 Å². The van der Waals surface area contributed by atoms with Gasteiger partial charge in [0.05, 0.1) is 5.69 Å². The molecule has 0 spiro atoms. The van der Waals surface area contributed by atoms with Crippen LogP contribution in [-0.2, 0) is 4.79 Å². The second kappa shape index (κ2) is 6.21. The van der Waals surface area contributed by atoms with Crippen LogP contribution in [0.2, 0.25) is 0 Å². The first-order valence-corrected chi connectivity index (χ1v) is 6.57. The molecule has 1 amide bonds. The van der Waals surface area contributed by atoms with Gasteiger partial charge in [-0.05, 0) is 40.2 Å². The number of rotatable bonds is 1. The molecule has 19 heavy (non-hydrogen) atoms. The highest BCUT2D eigenvalue weighted by Gasteiger charge is 2.10. The molecule has 2 aromatic rings. The first kappa shape index (κ1) is 13.4. The van der Waals surface area contributed by atoms with Crippen LogP contribution in [0.1, 0.15) is 5.56 Å². The van der Waals surface area contributed by atoms with Crippen LogP contribution in [0, 0.1) is 11.8 Å². The van der Waals surface area contributed by atoms with Crippen molar-refractivity contribution >= 4 is 27.5 Å². The van der Waals surface area contributed by atoms with E-state index in [4.69, 9.17) is 0 Å². The third-order valence-corrected chi connectivity index (χ3v) is 3.28. The van der Waals surface area contributed by atoms with Crippen molar-refractivity contribution in [2.45, 2.75) is 0 Å². The zero-order chi connectivity index (χ0) is 13.7. The van der Waals surface area contributed by atoms with Gasteiger partial charge in [0, 0.05) is 23.0 Å². The van der Waals surface area contributed by atoms with E-state index in [1.165, 1.54) is 4.90 Å². The molecule has 0 aliphatic heterocycles. The Morgan fingerprint density at radius 1 is 1.05 bits per heavy atom. The summed E-state index contributed by atoms with van der Waals surface area (Å²) < 4.78 is 0.868. The van der Waals surface area contributed by atoms with E-state index in [1.807, 2.05) is 54.6 Å². The van der Waals surface area contributed by atoms with Crippen molar-refractivity contribution in [2.24, 2.45) is 0 Å². The van der Waals surface area contributed by atoms with E-state index >= 15 is 0 Å². The largest absolute Gasteiger partial charge is 0.304 e. The summed E-state index contributed by atoms with van der Waals surface area (Å²) in [7, 11) is 1.71. The topological polar surface area (TPSA) is 20.3 Å². The molecule has 2 aromatic carbocycles. The first-order valence-electron chi connectivity index (χ1n) is 5.78. The SMILES string of the molecule is CN(C(=O)C#Cc1ccccc1)c1ccccc1Br. The van der Waals surface area contributed by atoms with E-state index in [2.05, 4.69) is 27.8 Å². The average Bonchev–Trinajstić information content (AvgIpc) is 2.45. The van der Waals surface area contributed by atoms with Gasteiger partial charge in [-0.15, -0.1) is 0 Å². The van der Waals surface area contributed by atoms with E-state index in [-0.39, 0.29) is 5.91 Å². The predicted octanol–water partition coefficient (Wildman–Crippen LogP) is 3.46. The third kappa shape index (κ3) is 3.46. The lowest BCUT2D eigenvalue weighted by Gasteiger charge is -2.15. The summed E-state index contributed by atoms with van der Waals surface area (Å²) in [4.78, 5) is 13.5. The molecule has 0 aromatic heterocycles. The lowest BCUT2D eigenvalue weighted by molar-refractivity contribution is -0.113. The Labute approximate surface area is 121 Å². The summed E-state index contributed by atoms with van der Waals surface area (Å²) in [5, 5.41) is 0. The lowest BCUT2D eigenvalue weighted by Crippen LogP contribution is -2.24. The van der Waals surface area contributed by atoms with Crippen molar-refractivity contribution < 1.29 is 4.79 Å². The molecule has 0 heterocycles. The maximum absolute atomic E-state index is 12.0. The van der Waals surface area contributed by atoms with Gasteiger partial charge in [0.1, 0.15) is 0 Å². The van der Waals surface area contributed by atoms with E-state index in [0.29, 0.717) is 0 Å². The van der Waals surface area contributed by atoms with Crippen molar-refractivity contribution in [2.75, 3.05) is 11.9 Å². The Morgan fingerprint density at radius 3 is 2.37 bits per heavy atom. The first-order chi connectivity index (χ1) is 9.18. The summed E-state index contributed by atoms with van der Waals surface area (Å²) in [6.45, 7) is 0. The third-order valence-electron chi connectivity index (χ3n) is 2.61. The summed E-state index contributed by atoms with van der Waals surface area (Å²) >= 11 is 3.42. The van der Waals surface area contributed by atoms with Gasteiger partial charge < -0.3 is 4.90 Å². The zero-order valence-corrected chi connectivity index (χ0v) is 12.0. The van der Waals surface area contributed by atoms with Crippen LogP contribution in [0.3, 0.4) is 0 Å². The number of amides is 1. The van der Waals surface area contributed by atoms with Gasteiger partial charge in [0.15, 0.2) is 0 Å². The molecular weight excluding hydrogens is 302 g/mol. The fraction of sp³-hybridized carbons (Fsp3) is 0.0625. The van der Waals surface area contributed by atoms with E-state index in [1.54, 1.807) is 7.05 Å². The zero-order valence-electron chi connectivity index (χ0n) is 10.4. The number of benzene rings is 2. The van der Waals surface area contributed by atoms with Gasteiger partial charge in [0.25, 0.3) is 0 Å². The molecule has 2 nitrogen and oxygen atoms in total. The number of carbonyl (C=O) groups is 1. The van der Waals surface area contributed by atoms with Crippen LogP contribution in [0.5, 0.6) is 0 Å². The number of nitrogens with zero attached hydrogens (tertiary/aromatic N) is 1. The van der Waals surface area contributed by atoms with Gasteiger partial charge in [-0.25, -0.2) is 0 Å². The van der Waals surface area contributed by atoms with Crippen LogP contribution in [0.15, 0.2) is 59.1 Å². The summed E-state index contributed by atoms with van der Waals surface area (Å²) in [5.74, 6) is 5.26. The smallest absolute Gasteiger partial charge is 0.303 e. The molecule has 0 fully saturated rings. The minimum absolute atomic E-state index is 0.240. The van der Waals surface area contributed by atoms with Crippen molar-refractivity contribution in [1.82, 2.24) is 0 Å². The molecule has 0 unspecified atom stereocenters. The molecule has 0 bridgehead atoms. The Kier molecular flexibility index (Phi) is 4.38. The molecule has 0 saturated heterocycles. The molecule has 0 N–H and O–H groups in total.